The number of benzene rings is 2. The molecule has 0 spiro atoms. The van der Waals surface area contributed by atoms with Crippen molar-refractivity contribution in [2.75, 3.05) is 19.8 Å². The number of hydrogen-bond acceptors (Lipinski definition) is 4. The smallest absolute Gasteiger partial charge is 0.341 e. The van der Waals surface area contributed by atoms with Gasteiger partial charge in [0.2, 0.25) is 6.10 Å². The van der Waals surface area contributed by atoms with E-state index in [1.165, 1.54) is 17.0 Å². The number of hydrogen-bond donors (Lipinski definition) is 1. The molecule has 0 aliphatic rings. The number of nitrogen functional groups attached to an aromatic ring is 1. The Morgan fingerprint density at radius 3 is 2.33 bits per heavy atom. The lowest BCUT2D eigenvalue weighted by molar-refractivity contribution is -0.138. The topological polar surface area (TPSA) is 72.6 Å². The van der Waals surface area contributed by atoms with Crippen molar-refractivity contribution in [3.63, 3.8) is 0 Å². The Bertz CT molecular complexity index is 764. The van der Waals surface area contributed by atoms with Crippen LogP contribution in [0.1, 0.15) is 22.0 Å². The van der Waals surface area contributed by atoms with Crippen LogP contribution in [-0.2, 0) is 9.53 Å². The highest BCUT2D eigenvalue weighted by atomic mass is 35.5. The Balaban J connectivity index is 2.37. The van der Waals surface area contributed by atoms with Gasteiger partial charge in [0.15, 0.2) is 0 Å². The average molecular weight is 367 g/mol. The number of likely N-dealkylation sites (N-methyl/N-ethyl adjacent to an activating group) is 1. The van der Waals surface area contributed by atoms with Crippen molar-refractivity contribution in [3.05, 3.63) is 63.6 Å². The Labute approximate surface area is 149 Å². The Hall–Kier alpha value is -2.24. The van der Waals surface area contributed by atoms with Crippen molar-refractivity contribution in [2.45, 2.75) is 6.10 Å². The molecule has 0 aliphatic carbocycles. The van der Waals surface area contributed by atoms with Crippen LogP contribution in [0.15, 0.2) is 42.5 Å². The van der Waals surface area contributed by atoms with Crippen LogP contribution in [0.5, 0.6) is 0 Å². The molecule has 1 amide bonds. The number of carbonyl (C=O) groups is 2. The second-order valence-corrected chi connectivity index (χ2v) is 6.12. The molecule has 1 atom stereocenters. The molecule has 2 rings (SSSR count). The van der Waals surface area contributed by atoms with Gasteiger partial charge in [0.05, 0.1) is 16.3 Å². The molecular formula is C17H16Cl2N2O3. The molecule has 0 saturated heterocycles. The minimum absolute atomic E-state index is 0.0139. The first-order chi connectivity index (χ1) is 11.3. The SMILES string of the molecule is CN(C)C(=O)[C@@H](OC(=O)c1cc(Cl)cc(Cl)c1N)c1ccccc1. The summed E-state index contributed by atoms with van der Waals surface area (Å²) in [6.07, 6.45) is -1.09. The highest BCUT2D eigenvalue weighted by Crippen LogP contribution is 2.30. The molecule has 126 valence electrons. The first-order valence-electron chi connectivity index (χ1n) is 7.03. The summed E-state index contributed by atoms with van der Waals surface area (Å²) in [4.78, 5) is 26.2. The molecule has 0 saturated carbocycles. The number of ether oxygens (including phenoxy) is 1. The monoisotopic (exact) mass is 366 g/mol. The van der Waals surface area contributed by atoms with Gasteiger partial charge in [0.1, 0.15) is 0 Å². The summed E-state index contributed by atoms with van der Waals surface area (Å²) in [6, 6.07) is 11.5. The van der Waals surface area contributed by atoms with Crippen LogP contribution < -0.4 is 5.73 Å². The fraction of sp³-hybridized carbons (Fsp3) is 0.176. The van der Waals surface area contributed by atoms with E-state index < -0.39 is 12.1 Å². The maximum absolute atomic E-state index is 12.5. The molecule has 7 heteroatoms. The summed E-state index contributed by atoms with van der Waals surface area (Å²) in [5, 5.41) is 0.390. The summed E-state index contributed by atoms with van der Waals surface area (Å²) in [5.41, 5.74) is 6.43. The molecule has 2 aromatic carbocycles. The standard InChI is InChI=1S/C17H16Cl2N2O3/c1-21(2)16(22)15(10-6-4-3-5-7-10)24-17(23)12-8-11(18)9-13(19)14(12)20/h3-9,15H,20H2,1-2H3/t15-/m0/s1. The predicted molar refractivity (Wildman–Crippen MR) is 94.2 cm³/mol. The molecule has 0 fully saturated rings. The van der Waals surface area contributed by atoms with E-state index >= 15 is 0 Å². The second kappa shape index (κ2) is 7.55. The molecule has 24 heavy (non-hydrogen) atoms. The van der Waals surface area contributed by atoms with Gasteiger partial charge in [-0.05, 0) is 12.1 Å². The fourth-order valence-corrected chi connectivity index (χ4v) is 2.54. The van der Waals surface area contributed by atoms with Gasteiger partial charge in [0, 0.05) is 24.7 Å². The quantitative estimate of drug-likeness (QED) is 0.663. The molecule has 0 bridgehead atoms. The minimum atomic E-state index is -1.09. The van der Waals surface area contributed by atoms with Gasteiger partial charge in [-0.1, -0.05) is 53.5 Å². The van der Waals surface area contributed by atoms with E-state index in [1.54, 1.807) is 44.4 Å². The van der Waals surface area contributed by atoms with E-state index in [2.05, 4.69) is 0 Å². The zero-order chi connectivity index (χ0) is 17.9. The molecule has 2 aromatic rings. The van der Waals surface area contributed by atoms with Gasteiger partial charge >= 0.3 is 5.97 Å². The summed E-state index contributed by atoms with van der Waals surface area (Å²) in [6.45, 7) is 0. The number of halogens is 2. The third-order valence-electron chi connectivity index (χ3n) is 3.31. The van der Waals surface area contributed by atoms with Gasteiger partial charge in [-0.25, -0.2) is 4.79 Å². The van der Waals surface area contributed by atoms with Crippen LogP contribution in [0.4, 0.5) is 5.69 Å². The molecule has 0 heterocycles. The fourth-order valence-electron chi connectivity index (χ4n) is 2.05. The zero-order valence-corrected chi connectivity index (χ0v) is 14.6. The van der Waals surface area contributed by atoms with Gasteiger partial charge in [0.25, 0.3) is 5.91 Å². The van der Waals surface area contributed by atoms with Crippen LogP contribution in [-0.4, -0.2) is 30.9 Å². The first-order valence-corrected chi connectivity index (χ1v) is 7.78. The van der Waals surface area contributed by atoms with E-state index in [1.807, 2.05) is 0 Å². The summed E-state index contributed by atoms with van der Waals surface area (Å²) < 4.78 is 5.41. The largest absolute Gasteiger partial charge is 0.444 e. The Morgan fingerprint density at radius 1 is 1.12 bits per heavy atom. The Morgan fingerprint density at radius 2 is 1.75 bits per heavy atom. The molecular weight excluding hydrogens is 351 g/mol. The molecule has 0 aromatic heterocycles. The zero-order valence-electron chi connectivity index (χ0n) is 13.1. The van der Waals surface area contributed by atoms with Crippen LogP contribution in [0.25, 0.3) is 0 Å². The first kappa shape index (κ1) is 18.1. The minimum Gasteiger partial charge on any atom is -0.444 e. The van der Waals surface area contributed by atoms with Gasteiger partial charge in [-0.2, -0.15) is 0 Å². The lowest BCUT2D eigenvalue weighted by Crippen LogP contribution is -2.31. The highest BCUT2D eigenvalue weighted by Gasteiger charge is 2.28. The highest BCUT2D eigenvalue weighted by molar-refractivity contribution is 6.37. The molecule has 2 N–H and O–H groups in total. The predicted octanol–water partition coefficient (Wildman–Crippen LogP) is 3.56. The number of carbonyl (C=O) groups excluding carboxylic acids is 2. The Kier molecular flexibility index (Phi) is 5.70. The van der Waals surface area contributed by atoms with E-state index in [4.69, 9.17) is 33.7 Å². The van der Waals surface area contributed by atoms with Gasteiger partial charge in [-0.15, -0.1) is 0 Å². The van der Waals surface area contributed by atoms with Crippen molar-refractivity contribution in [1.29, 1.82) is 0 Å². The van der Waals surface area contributed by atoms with E-state index in [9.17, 15) is 9.59 Å². The number of esters is 1. The number of rotatable bonds is 4. The lowest BCUT2D eigenvalue weighted by atomic mass is 10.1. The summed E-state index contributed by atoms with van der Waals surface area (Å²) in [7, 11) is 3.16. The normalized spacial score (nSPS) is 11.7. The van der Waals surface area contributed by atoms with E-state index in [0.29, 0.717) is 5.56 Å². The van der Waals surface area contributed by atoms with Crippen LogP contribution >= 0.6 is 23.2 Å². The second-order valence-electron chi connectivity index (χ2n) is 5.28. The third kappa shape index (κ3) is 3.99. The lowest BCUT2D eigenvalue weighted by Gasteiger charge is -2.21. The maximum atomic E-state index is 12.5. The van der Waals surface area contributed by atoms with Crippen LogP contribution in [0.2, 0.25) is 10.0 Å². The van der Waals surface area contributed by atoms with Crippen LogP contribution in [0, 0.1) is 0 Å². The number of amides is 1. The number of anilines is 1. The average Bonchev–Trinajstić information content (AvgIpc) is 2.55. The van der Waals surface area contributed by atoms with E-state index in [-0.39, 0.29) is 27.2 Å². The maximum Gasteiger partial charge on any atom is 0.341 e. The number of nitrogens with two attached hydrogens (primary N) is 1. The van der Waals surface area contributed by atoms with Crippen molar-refractivity contribution >= 4 is 40.8 Å². The molecule has 0 unspecified atom stereocenters. The van der Waals surface area contributed by atoms with Gasteiger partial charge < -0.3 is 15.4 Å². The van der Waals surface area contributed by atoms with Gasteiger partial charge in [-0.3, -0.25) is 4.79 Å². The molecule has 0 aliphatic heterocycles. The van der Waals surface area contributed by atoms with Crippen LogP contribution in [0.3, 0.4) is 0 Å². The van der Waals surface area contributed by atoms with Crippen molar-refractivity contribution < 1.29 is 14.3 Å². The molecule has 5 nitrogen and oxygen atoms in total. The van der Waals surface area contributed by atoms with E-state index in [0.717, 1.165) is 0 Å². The number of nitrogens with zero attached hydrogens (tertiary/aromatic N) is 1. The molecule has 0 radical (unpaired) electrons. The summed E-state index contributed by atoms with van der Waals surface area (Å²) >= 11 is 11.8. The van der Waals surface area contributed by atoms with Crippen molar-refractivity contribution in [2.24, 2.45) is 0 Å². The third-order valence-corrected chi connectivity index (χ3v) is 3.84. The van der Waals surface area contributed by atoms with Crippen molar-refractivity contribution in [3.8, 4) is 0 Å². The summed E-state index contributed by atoms with van der Waals surface area (Å²) in [5.74, 6) is -1.15. The van der Waals surface area contributed by atoms with Crippen molar-refractivity contribution in [1.82, 2.24) is 4.90 Å².